The summed E-state index contributed by atoms with van der Waals surface area (Å²) in [5.41, 5.74) is 1.21. The number of carbonyl (C=O) groups excluding carboxylic acids is 2. The van der Waals surface area contributed by atoms with E-state index in [2.05, 4.69) is 20.8 Å². The third-order valence-electron chi connectivity index (χ3n) is 3.04. The van der Waals surface area contributed by atoms with Crippen LogP contribution < -0.4 is 10.6 Å². The van der Waals surface area contributed by atoms with Crippen LogP contribution in [-0.2, 0) is 16.0 Å². The number of amides is 2. The lowest BCUT2D eigenvalue weighted by Gasteiger charge is -2.13. The van der Waals surface area contributed by atoms with E-state index < -0.39 is 11.8 Å². The summed E-state index contributed by atoms with van der Waals surface area (Å²) in [5.74, 6) is -0.955. The van der Waals surface area contributed by atoms with E-state index in [0.29, 0.717) is 5.82 Å². The van der Waals surface area contributed by atoms with Gasteiger partial charge >= 0.3 is 11.8 Å². The minimum atomic E-state index is -0.703. The van der Waals surface area contributed by atoms with Gasteiger partial charge in [0.25, 0.3) is 0 Å². The zero-order valence-electron chi connectivity index (χ0n) is 11.8. The molecule has 0 saturated heterocycles. The number of H-pyrrole nitrogens is 1. The molecule has 0 spiro atoms. The topological polar surface area (TPSA) is 86.9 Å². The van der Waals surface area contributed by atoms with Crippen LogP contribution in [0.4, 0.5) is 5.82 Å². The molecule has 2 rings (SSSR count). The lowest BCUT2D eigenvalue weighted by atomic mass is 10.1. The van der Waals surface area contributed by atoms with E-state index in [1.807, 2.05) is 37.3 Å². The number of carbonyl (C=O) groups is 2. The van der Waals surface area contributed by atoms with Gasteiger partial charge in [-0.1, -0.05) is 30.3 Å². The molecule has 0 aliphatic carbocycles. The number of aromatic amines is 1. The number of aromatic nitrogens is 2. The van der Waals surface area contributed by atoms with E-state index in [1.165, 1.54) is 11.8 Å². The maximum atomic E-state index is 11.7. The van der Waals surface area contributed by atoms with Crippen molar-refractivity contribution in [1.29, 1.82) is 0 Å². The molecule has 6 nitrogen and oxygen atoms in total. The first-order chi connectivity index (χ1) is 10.1. The Balaban J connectivity index is 1.75. The monoisotopic (exact) mass is 286 g/mol. The number of hydrogen-bond acceptors (Lipinski definition) is 3. The van der Waals surface area contributed by atoms with E-state index in [9.17, 15) is 9.59 Å². The molecule has 1 aromatic carbocycles. The highest BCUT2D eigenvalue weighted by molar-refractivity contribution is 6.39. The van der Waals surface area contributed by atoms with Gasteiger partial charge in [-0.05, 0) is 25.3 Å². The molecule has 6 heteroatoms. The zero-order valence-corrected chi connectivity index (χ0v) is 11.8. The lowest BCUT2D eigenvalue weighted by molar-refractivity contribution is -0.136. The van der Waals surface area contributed by atoms with Crippen LogP contribution in [0.5, 0.6) is 0 Å². The molecule has 110 valence electrons. The number of nitrogens with one attached hydrogen (secondary N) is 3. The average Bonchev–Trinajstić information content (AvgIpc) is 2.99. The molecule has 0 radical (unpaired) electrons. The predicted molar refractivity (Wildman–Crippen MR) is 79.6 cm³/mol. The summed E-state index contributed by atoms with van der Waals surface area (Å²) < 4.78 is 0. The van der Waals surface area contributed by atoms with Gasteiger partial charge < -0.3 is 10.6 Å². The first-order valence-electron chi connectivity index (χ1n) is 6.80. The van der Waals surface area contributed by atoms with Crippen molar-refractivity contribution in [2.24, 2.45) is 0 Å². The first kappa shape index (κ1) is 14.8. The molecule has 0 unspecified atom stereocenters. The lowest BCUT2D eigenvalue weighted by Crippen LogP contribution is -2.40. The first-order valence-corrected chi connectivity index (χ1v) is 6.80. The second-order valence-electron chi connectivity index (χ2n) is 4.82. The van der Waals surface area contributed by atoms with Crippen LogP contribution >= 0.6 is 0 Å². The molecular formula is C15H18N4O2. The highest BCUT2D eigenvalue weighted by Crippen LogP contribution is 2.05. The largest absolute Gasteiger partial charge is 0.345 e. The van der Waals surface area contributed by atoms with Crippen LogP contribution in [-0.4, -0.2) is 28.1 Å². The molecule has 21 heavy (non-hydrogen) atoms. The minimum Gasteiger partial charge on any atom is -0.345 e. The molecule has 0 bridgehead atoms. The zero-order chi connectivity index (χ0) is 15.1. The van der Waals surface area contributed by atoms with Gasteiger partial charge in [0.15, 0.2) is 0 Å². The van der Waals surface area contributed by atoms with Gasteiger partial charge in [-0.25, -0.2) is 0 Å². The smallest absolute Gasteiger partial charge is 0.314 e. The third-order valence-corrected chi connectivity index (χ3v) is 3.04. The van der Waals surface area contributed by atoms with E-state index in [-0.39, 0.29) is 6.04 Å². The van der Waals surface area contributed by atoms with Crippen LogP contribution in [0.2, 0.25) is 0 Å². The summed E-state index contributed by atoms with van der Waals surface area (Å²) in [7, 11) is 0. The highest BCUT2D eigenvalue weighted by atomic mass is 16.2. The Labute approximate surface area is 122 Å². The van der Waals surface area contributed by atoms with Gasteiger partial charge in [0.2, 0.25) is 0 Å². The molecule has 2 aromatic rings. The molecule has 1 heterocycles. The fourth-order valence-electron chi connectivity index (χ4n) is 1.89. The standard InChI is InChI=1S/C15H18N4O2/c1-11(7-8-12-5-3-2-4-6-12)17-14(20)15(21)18-13-9-10-16-19-13/h2-6,9-11H,7-8H2,1H3,(H,17,20)(H2,16,18,19,21)/t11-/m1/s1. The maximum absolute atomic E-state index is 11.7. The number of benzene rings is 1. The molecular weight excluding hydrogens is 268 g/mol. The van der Waals surface area contributed by atoms with Crippen LogP contribution in [0.15, 0.2) is 42.6 Å². The molecule has 0 fully saturated rings. The average molecular weight is 286 g/mol. The number of rotatable bonds is 5. The molecule has 3 N–H and O–H groups in total. The number of aryl methyl sites for hydroxylation is 1. The van der Waals surface area contributed by atoms with Crippen LogP contribution in [0, 0.1) is 0 Å². The summed E-state index contributed by atoms with van der Waals surface area (Å²) >= 11 is 0. The van der Waals surface area contributed by atoms with Gasteiger partial charge in [0.05, 0.1) is 6.20 Å². The van der Waals surface area contributed by atoms with E-state index in [4.69, 9.17) is 0 Å². The predicted octanol–water partition coefficient (Wildman–Crippen LogP) is 1.49. The van der Waals surface area contributed by atoms with Gasteiger partial charge in [-0.2, -0.15) is 5.10 Å². The highest BCUT2D eigenvalue weighted by Gasteiger charge is 2.16. The van der Waals surface area contributed by atoms with Gasteiger partial charge in [0, 0.05) is 12.1 Å². The Hall–Kier alpha value is -2.63. The van der Waals surface area contributed by atoms with Crippen LogP contribution in [0.25, 0.3) is 0 Å². The van der Waals surface area contributed by atoms with Crippen molar-refractivity contribution >= 4 is 17.6 Å². The van der Waals surface area contributed by atoms with Crippen LogP contribution in [0.3, 0.4) is 0 Å². The van der Waals surface area contributed by atoms with Gasteiger partial charge in [-0.15, -0.1) is 0 Å². The van der Waals surface area contributed by atoms with Gasteiger partial charge in [0.1, 0.15) is 5.82 Å². The normalized spacial score (nSPS) is 11.7. The third kappa shape index (κ3) is 4.76. The van der Waals surface area contributed by atoms with Crippen molar-refractivity contribution in [2.45, 2.75) is 25.8 Å². The summed E-state index contributed by atoms with van der Waals surface area (Å²) in [4.78, 5) is 23.4. The summed E-state index contributed by atoms with van der Waals surface area (Å²) in [5, 5.41) is 11.4. The fraction of sp³-hybridized carbons (Fsp3) is 0.267. The Morgan fingerprint density at radius 3 is 2.62 bits per heavy atom. The number of hydrogen-bond donors (Lipinski definition) is 3. The second-order valence-corrected chi connectivity index (χ2v) is 4.82. The van der Waals surface area contributed by atoms with Crippen molar-refractivity contribution in [3.8, 4) is 0 Å². The molecule has 1 aromatic heterocycles. The van der Waals surface area contributed by atoms with Crippen LogP contribution in [0.1, 0.15) is 18.9 Å². The molecule has 0 aliphatic heterocycles. The minimum absolute atomic E-state index is 0.0785. The van der Waals surface area contributed by atoms with Crippen molar-refractivity contribution in [3.63, 3.8) is 0 Å². The van der Waals surface area contributed by atoms with E-state index in [0.717, 1.165) is 12.8 Å². The Morgan fingerprint density at radius 1 is 1.19 bits per heavy atom. The Morgan fingerprint density at radius 2 is 1.95 bits per heavy atom. The molecule has 0 aliphatic rings. The molecule has 2 amide bonds. The van der Waals surface area contributed by atoms with Crippen molar-refractivity contribution in [1.82, 2.24) is 15.5 Å². The Bertz CT molecular complexity index is 581. The van der Waals surface area contributed by atoms with Crippen molar-refractivity contribution < 1.29 is 9.59 Å². The summed E-state index contributed by atoms with van der Waals surface area (Å²) in [6.45, 7) is 1.88. The molecule has 1 atom stereocenters. The quantitative estimate of drug-likeness (QED) is 0.728. The second kappa shape index (κ2) is 7.23. The Kier molecular flexibility index (Phi) is 5.09. The summed E-state index contributed by atoms with van der Waals surface area (Å²) in [6.07, 6.45) is 3.12. The van der Waals surface area contributed by atoms with Gasteiger partial charge in [-0.3, -0.25) is 14.7 Å². The number of nitrogens with zero attached hydrogens (tertiary/aromatic N) is 1. The van der Waals surface area contributed by atoms with Crippen molar-refractivity contribution in [3.05, 3.63) is 48.2 Å². The van der Waals surface area contributed by atoms with E-state index >= 15 is 0 Å². The molecule has 0 saturated carbocycles. The maximum Gasteiger partial charge on any atom is 0.314 e. The number of anilines is 1. The fourth-order valence-corrected chi connectivity index (χ4v) is 1.89. The van der Waals surface area contributed by atoms with E-state index in [1.54, 1.807) is 6.07 Å². The SMILES string of the molecule is C[C@H](CCc1ccccc1)NC(=O)C(=O)Nc1ccn[nH]1. The summed E-state index contributed by atoms with van der Waals surface area (Å²) in [6, 6.07) is 11.5. The van der Waals surface area contributed by atoms with Crippen molar-refractivity contribution in [2.75, 3.05) is 5.32 Å².